The third-order valence-corrected chi connectivity index (χ3v) is 3.56. The van der Waals surface area contributed by atoms with E-state index in [1.165, 1.54) is 6.07 Å². The van der Waals surface area contributed by atoms with Gasteiger partial charge in [0.2, 0.25) is 0 Å². The molecule has 0 saturated carbocycles. The van der Waals surface area contributed by atoms with Crippen LogP contribution in [0.25, 0.3) is 0 Å². The molecular weight excluding hydrogens is 213 g/mol. The van der Waals surface area contributed by atoms with Crippen molar-refractivity contribution in [2.45, 2.75) is 41.2 Å². The Balaban J connectivity index is 2.49. The minimum atomic E-state index is -0.156. The summed E-state index contributed by atoms with van der Waals surface area (Å²) >= 11 is 0. The molecule has 0 bridgehead atoms. The number of rotatable bonds is 4. The van der Waals surface area contributed by atoms with E-state index in [9.17, 15) is 4.39 Å². The number of halogens is 1. The Hall–Kier alpha value is -0.890. The highest BCUT2D eigenvalue weighted by atomic mass is 19.1. The minimum Gasteiger partial charge on any atom is -0.312 e. The largest absolute Gasteiger partial charge is 0.312 e. The molecule has 0 aliphatic carbocycles. The molecule has 0 spiro atoms. The summed E-state index contributed by atoms with van der Waals surface area (Å²) in [6.45, 7) is 12.7. The molecule has 1 nitrogen and oxygen atoms in total. The van der Waals surface area contributed by atoms with Crippen LogP contribution in [0.2, 0.25) is 0 Å². The molecule has 0 aromatic heterocycles. The van der Waals surface area contributed by atoms with Crippen molar-refractivity contribution in [2.24, 2.45) is 11.3 Å². The van der Waals surface area contributed by atoms with Crippen LogP contribution in [-0.2, 0) is 6.54 Å². The van der Waals surface area contributed by atoms with Gasteiger partial charge in [-0.1, -0.05) is 33.8 Å². The van der Waals surface area contributed by atoms with Crippen LogP contribution in [0.15, 0.2) is 18.2 Å². The maximum atomic E-state index is 13.1. The zero-order valence-corrected chi connectivity index (χ0v) is 11.6. The summed E-state index contributed by atoms with van der Waals surface area (Å²) in [5.74, 6) is 0.438. The Labute approximate surface area is 104 Å². The fraction of sp³-hybridized carbons (Fsp3) is 0.600. The van der Waals surface area contributed by atoms with Gasteiger partial charge < -0.3 is 5.32 Å². The Morgan fingerprint density at radius 1 is 1.29 bits per heavy atom. The van der Waals surface area contributed by atoms with Crippen LogP contribution in [-0.4, -0.2) is 6.54 Å². The highest BCUT2D eigenvalue weighted by Gasteiger charge is 2.19. The number of nitrogens with one attached hydrogen (secondary N) is 1. The molecule has 17 heavy (non-hydrogen) atoms. The van der Waals surface area contributed by atoms with Gasteiger partial charge in [0.1, 0.15) is 5.82 Å². The van der Waals surface area contributed by atoms with Crippen LogP contribution in [0, 0.1) is 24.1 Å². The maximum Gasteiger partial charge on any atom is 0.123 e. The normalized spacial score (nSPS) is 13.8. The predicted octanol–water partition coefficient (Wildman–Crippen LogP) is 3.91. The van der Waals surface area contributed by atoms with Crippen LogP contribution in [0.4, 0.5) is 4.39 Å². The lowest BCUT2D eigenvalue weighted by Crippen LogP contribution is -2.29. The fourth-order valence-corrected chi connectivity index (χ4v) is 1.56. The van der Waals surface area contributed by atoms with E-state index in [2.05, 4.69) is 33.0 Å². The van der Waals surface area contributed by atoms with Crippen molar-refractivity contribution < 1.29 is 4.39 Å². The SMILES string of the molecule is Cc1ccc(F)cc1CNCC(C)C(C)(C)C. The van der Waals surface area contributed by atoms with E-state index in [-0.39, 0.29) is 5.82 Å². The van der Waals surface area contributed by atoms with Crippen molar-refractivity contribution in [1.29, 1.82) is 0 Å². The molecule has 0 fully saturated rings. The zero-order valence-electron chi connectivity index (χ0n) is 11.6. The third-order valence-electron chi connectivity index (χ3n) is 3.56. The van der Waals surface area contributed by atoms with Gasteiger partial charge in [-0.2, -0.15) is 0 Å². The summed E-state index contributed by atoms with van der Waals surface area (Å²) in [5.41, 5.74) is 2.50. The number of benzene rings is 1. The van der Waals surface area contributed by atoms with E-state index in [4.69, 9.17) is 0 Å². The lowest BCUT2D eigenvalue weighted by molar-refractivity contribution is 0.252. The average molecular weight is 237 g/mol. The van der Waals surface area contributed by atoms with Gasteiger partial charge in [-0.05, 0) is 48.1 Å². The first-order valence-electron chi connectivity index (χ1n) is 6.26. The summed E-state index contributed by atoms with van der Waals surface area (Å²) in [6.07, 6.45) is 0. The van der Waals surface area contributed by atoms with Gasteiger partial charge in [0.05, 0.1) is 0 Å². The summed E-state index contributed by atoms with van der Waals surface area (Å²) in [6, 6.07) is 4.96. The molecule has 0 radical (unpaired) electrons. The first-order valence-corrected chi connectivity index (χ1v) is 6.26. The van der Waals surface area contributed by atoms with Crippen LogP contribution >= 0.6 is 0 Å². The van der Waals surface area contributed by atoms with Gasteiger partial charge in [0.25, 0.3) is 0 Å². The van der Waals surface area contributed by atoms with Crippen LogP contribution in [0.5, 0.6) is 0 Å². The van der Waals surface area contributed by atoms with Crippen molar-refractivity contribution >= 4 is 0 Å². The molecule has 1 rings (SSSR count). The smallest absolute Gasteiger partial charge is 0.123 e. The van der Waals surface area contributed by atoms with Crippen molar-refractivity contribution in [3.63, 3.8) is 0 Å². The Morgan fingerprint density at radius 3 is 2.53 bits per heavy atom. The van der Waals surface area contributed by atoms with Crippen molar-refractivity contribution in [3.05, 3.63) is 35.1 Å². The molecule has 0 saturated heterocycles. The summed E-state index contributed by atoms with van der Waals surface area (Å²) in [5, 5.41) is 3.41. The van der Waals surface area contributed by atoms with Gasteiger partial charge >= 0.3 is 0 Å². The average Bonchev–Trinajstić information content (AvgIpc) is 2.21. The zero-order chi connectivity index (χ0) is 13.1. The second-order valence-electron chi connectivity index (χ2n) is 5.97. The van der Waals surface area contributed by atoms with Gasteiger partial charge in [-0.3, -0.25) is 0 Å². The molecule has 1 N–H and O–H groups in total. The van der Waals surface area contributed by atoms with Crippen molar-refractivity contribution in [1.82, 2.24) is 5.32 Å². The summed E-state index contributed by atoms with van der Waals surface area (Å²) in [4.78, 5) is 0. The lowest BCUT2D eigenvalue weighted by Gasteiger charge is -2.27. The quantitative estimate of drug-likeness (QED) is 0.837. The van der Waals surface area contributed by atoms with Gasteiger partial charge in [0.15, 0.2) is 0 Å². The second kappa shape index (κ2) is 5.63. The third kappa shape index (κ3) is 4.47. The first-order chi connectivity index (χ1) is 7.80. The Morgan fingerprint density at radius 2 is 1.94 bits per heavy atom. The number of hydrogen-bond donors (Lipinski definition) is 1. The molecule has 0 aliphatic heterocycles. The highest BCUT2D eigenvalue weighted by molar-refractivity contribution is 5.26. The standard InChI is InChI=1S/C15H24FN/c1-11-6-7-14(16)8-13(11)10-17-9-12(2)15(3,4)5/h6-8,12,17H,9-10H2,1-5H3. The molecule has 96 valence electrons. The summed E-state index contributed by atoms with van der Waals surface area (Å²) in [7, 11) is 0. The molecule has 1 aromatic carbocycles. The topological polar surface area (TPSA) is 12.0 Å². The molecule has 0 amide bonds. The van der Waals surface area contributed by atoms with Gasteiger partial charge in [0, 0.05) is 6.54 Å². The summed E-state index contributed by atoms with van der Waals surface area (Å²) < 4.78 is 13.1. The van der Waals surface area contributed by atoms with E-state index in [0.29, 0.717) is 11.3 Å². The highest BCUT2D eigenvalue weighted by Crippen LogP contribution is 2.24. The predicted molar refractivity (Wildman–Crippen MR) is 71.5 cm³/mol. The number of aryl methyl sites for hydroxylation is 1. The molecule has 0 heterocycles. The fourth-order valence-electron chi connectivity index (χ4n) is 1.56. The number of hydrogen-bond acceptors (Lipinski definition) is 1. The lowest BCUT2D eigenvalue weighted by atomic mass is 9.82. The van der Waals surface area contributed by atoms with E-state index in [1.807, 2.05) is 13.0 Å². The molecule has 2 heteroatoms. The molecule has 1 atom stereocenters. The van der Waals surface area contributed by atoms with E-state index >= 15 is 0 Å². The monoisotopic (exact) mass is 237 g/mol. The van der Waals surface area contributed by atoms with E-state index in [1.54, 1.807) is 6.07 Å². The Kier molecular flexibility index (Phi) is 4.70. The van der Waals surface area contributed by atoms with Crippen molar-refractivity contribution in [2.75, 3.05) is 6.54 Å². The van der Waals surface area contributed by atoms with Crippen LogP contribution in [0.3, 0.4) is 0 Å². The molecule has 1 unspecified atom stereocenters. The van der Waals surface area contributed by atoms with Gasteiger partial charge in [-0.15, -0.1) is 0 Å². The first kappa shape index (κ1) is 14.2. The molecule has 0 aliphatic rings. The van der Waals surface area contributed by atoms with E-state index < -0.39 is 0 Å². The second-order valence-corrected chi connectivity index (χ2v) is 5.97. The minimum absolute atomic E-state index is 0.156. The maximum absolute atomic E-state index is 13.1. The van der Waals surface area contributed by atoms with Crippen molar-refractivity contribution in [3.8, 4) is 0 Å². The van der Waals surface area contributed by atoms with Gasteiger partial charge in [-0.25, -0.2) is 4.39 Å². The molecule has 1 aromatic rings. The molecular formula is C15H24FN. The van der Waals surface area contributed by atoms with E-state index in [0.717, 1.165) is 24.2 Å². The Bertz CT molecular complexity index is 366. The van der Waals surface area contributed by atoms with Crippen LogP contribution in [0.1, 0.15) is 38.8 Å². The van der Waals surface area contributed by atoms with Crippen LogP contribution < -0.4 is 5.32 Å².